The van der Waals surface area contributed by atoms with Crippen LogP contribution in [0.3, 0.4) is 0 Å². The molecule has 1 N–H and O–H groups in total. The number of aliphatic hydroxyl groups is 1. The molecule has 0 saturated carbocycles. The molecular formula is C25H36N2O3S. The van der Waals surface area contributed by atoms with Crippen LogP contribution in [0.2, 0.25) is 0 Å². The minimum atomic E-state index is -3.22. The molecule has 2 fully saturated rings. The van der Waals surface area contributed by atoms with Gasteiger partial charge >= 0.3 is 0 Å². The summed E-state index contributed by atoms with van der Waals surface area (Å²) in [4.78, 5) is 2.36. The van der Waals surface area contributed by atoms with Gasteiger partial charge in [-0.25, -0.2) is 12.7 Å². The molecular weight excluding hydrogens is 408 g/mol. The third-order valence-electron chi connectivity index (χ3n) is 7.71. The minimum absolute atomic E-state index is 0.0948. The lowest BCUT2D eigenvalue weighted by Gasteiger charge is -2.62. The zero-order valence-corrected chi connectivity index (χ0v) is 19.8. The molecule has 0 amide bonds. The molecule has 1 unspecified atom stereocenters. The molecule has 0 aromatic heterocycles. The lowest BCUT2D eigenvalue weighted by atomic mass is 9.60. The van der Waals surface area contributed by atoms with Crippen LogP contribution in [0.4, 0.5) is 0 Å². The van der Waals surface area contributed by atoms with E-state index < -0.39 is 10.0 Å². The van der Waals surface area contributed by atoms with Gasteiger partial charge in [-0.3, -0.25) is 4.90 Å². The van der Waals surface area contributed by atoms with Crippen LogP contribution in [0, 0.1) is 18.3 Å². The van der Waals surface area contributed by atoms with Crippen molar-refractivity contribution in [3.63, 3.8) is 0 Å². The molecule has 4 rings (SSSR count). The number of allylic oxidation sites excluding steroid dienone is 4. The maximum atomic E-state index is 12.7. The van der Waals surface area contributed by atoms with Crippen molar-refractivity contribution < 1.29 is 13.5 Å². The first-order valence-electron chi connectivity index (χ1n) is 11.6. The fourth-order valence-electron chi connectivity index (χ4n) is 5.87. The number of benzene rings is 1. The van der Waals surface area contributed by atoms with Crippen molar-refractivity contribution in [1.82, 2.24) is 9.21 Å². The second kappa shape index (κ2) is 8.81. The summed E-state index contributed by atoms with van der Waals surface area (Å²) < 4.78 is 27.1. The molecule has 4 atom stereocenters. The van der Waals surface area contributed by atoms with Gasteiger partial charge in [0.2, 0.25) is 10.0 Å². The SMILES string of the molecule is CCS(=O)(=O)N1CCCCN2[C@H](CO)[C@@H](C3(C)C=CC(c4ccccc4C)=CC3)[C@@H]2C1. The number of rotatable bonds is 5. The van der Waals surface area contributed by atoms with Crippen molar-refractivity contribution in [2.24, 2.45) is 11.3 Å². The summed E-state index contributed by atoms with van der Waals surface area (Å²) in [6, 6.07) is 8.70. The highest BCUT2D eigenvalue weighted by molar-refractivity contribution is 7.89. The third-order valence-corrected chi connectivity index (χ3v) is 9.56. The van der Waals surface area contributed by atoms with Crippen LogP contribution in [0.15, 0.2) is 42.5 Å². The van der Waals surface area contributed by atoms with E-state index in [-0.39, 0.29) is 35.8 Å². The Kier molecular flexibility index (Phi) is 6.46. The van der Waals surface area contributed by atoms with E-state index in [4.69, 9.17) is 0 Å². The van der Waals surface area contributed by atoms with Crippen molar-refractivity contribution in [3.8, 4) is 0 Å². The Morgan fingerprint density at radius 1 is 1.19 bits per heavy atom. The van der Waals surface area contributed by atoms with E-state index in [9.17, 15) is 13.5 Å². The highest BCUT2D eigenvalue weighted by atomic mass is 32.2. The van der Waals surface area contributed by atoms with Crippen molar-refractivity contribution in [2.45, 2.75) is 52.1 Å². The predicted octanol–water partition coefficient (Wildman–Crippen LogP) is 3.45. The van der Waals surface area contributed by atoms with Crippen molar-refractivity contribution >= 4 is 15.6 Å². The molecule has 5 nitrogen and oxygen atoms in total. The van der Waals surface area contributed by atoms with Gasteiger partial charge in [-0.05, 0) is 61.8 Å². The Hall–Kier alpha value is -1.47. The van der Waals surface area contributed by atoms with E-state index in [2.05, 4.69) is 61.2 Å². The van der Waals surface area contributed by atoms with Crippen LogP contribution in [-0.4, -0.2) is 66.8 Å². The number of aliphatic hydroxyl groups excluding tert-OH is 1. The zero-order valence-electron chi connectivity index (χ0n) is 19.0. The Bertz CT molecular complexity index is 971. The highest BCUT2D eigenvalue weighted by Gasteiger charge is 2.55. The maximum absolute atomic E-state index is 12.7. The van der Waals surface area contributed by atoms with E-state index in [0.29, 0.717) is 13.1 Å². The lowest BCUT2D eigenvalue weighted by molar-refractivity contribution is -0.129. The standard InChI is InChI=1S/C25H36N2O3S/c1-4-31(29,30)26-15-7-8-16-27-22(17-26)24(23(27)18-28)25(3)13-11-20(12-14-25)21-10-6-5-9-19(21)2/h5-6,9-13,22-24,28H,4,7-8,14-18H2,1-3H3/t22-,23+,24-,25?/m0/s1. The molecule has 170 valence electrons. The largest absolute Gasteiger partial charge is 0.395 e. The van der Waals surface area contributed by atoms with Gasteiger partial charge in [0.1, 0.15) is 0 Å². The first-order chi connectivity index (χ1) is 14.8. The summed E-state index contributed by atoms with van der Waals surface area (Å²) in [5, 5.41) is 10.2. The van der Waals surface area contributed by atoms with Crippen molar-refractivity contribution in [3.05, 3.63) is 53.6 Å². The van der Waals surface area contributed by atoms with Gasteiger partial charge in [0, 0.05) is 31.1 Å². The quantitative estimate of drug-likeness (QED) is 0.756. The molecule has 2 aliphatic heterocycles. The van der Waals surface area contributed by atoms with Crippen molar-refractivity contribution in [1.29, 1.82) is 0 Å². The molecule has 6 heteroatoms. The van der Waals surface area contributed by atoms with E-state index in [1.807, 2.05) is 0 Å². The van der Waals surface area contributed by atoms with Crippen LogP contribution >= 0.6 is 0 Å². The number of aryl methyl sites for hydroxylation is 1. The second-order valence-electron chi connectivity index (χ2n) is 9.56. The molecule has 2 heterocycles. The molecule has 31 heavy (non-hydrogen) atoms. The van der Waals surface area contributed by atoms with Crippen LogP contribution in [0.25, 0.3) is 5.57 Å². The van der Waals surface area contributed by atoms with E-state index >= 15 is 0 Å². The fourth-order valence-corrected chi connectivity index (χ4v) is 7.02. The van der Waals surface area contributed by atoms with E-state index in [1.54, 1.807) is 11.2 Å². The van der Waals surface area contributed by atoms with Crippen molar-refractivity contribution in [2.75, 3.05) is 32.0 Å². The van der Waals surface area contributed by atoms with E-state index in [1.165, 1.54) is 16.7 Å². The normalized spacial score (nSPS) is 32.5. The van der Waals surface area contributed by atoms with Gasteiger partial charge in [0.15, 0.2) is 0 Å². The average molecular weight is 445 g/mol. The lowest BCUT2D eigenvalue weighted by Crippen LogP contribution is -2.72. The molecule has 1 aromatic carbocycles. The van der Waals surface area contributed by atoms with Gasteiger partial charge in [-0.1, -0.05) is 49.4 Å². The number of hydrogen-bond donors (Lipinski definition) is 1. The summed E-state index contributed by atoms with van der Waals surface area (Å²) in [5.74, 6) is 0.379. The average Bonchev–Trinajstić information content (AvgIpc) is 2.73. The second-order valence-corrected chi connectivity index (χ2v) is 11.8. The Balaban J connectivity index is 1.59. The summed E-state index contributed by atoms with van der Waals surface area (Å²) in [7, 11) is -3.22. The number of hydrogen-bond acceptors (Lipinski definition) is 4. The van der Waals surface area contributed by atoms with E-state index in [0.717, 1.165) is 25.8 Å². The van der Waals surface area contributed by atoms with Gasteiger partial charge < -0.3 is 5.11 Å². The smallest absolute Gasteiger partial charge is 0.213 e. The molecule has 1 aromatic rings. The summed E-state index contributed by atoms with van der Waals surface area (Å²) >= 11 is 0. The Morgan fingerprint density at radius 2 is 1.94 bits per heavy atom. The number of nitrogens with zero attached hydrogens (tertiary/aromatic N) is 2. The van der Waals surface area contributed by atoms with Gasteiger partial charge in [0.25, 0.3) is 0 Å². The summed E-state index contributed by atoms with van der Waals surface area (Å²) in [6.07, 6.45) is 9.62. The first kappa shape index (κ1) is 22.7. The third kappa shape index (κ3) is 4.15. The molecule has 0 spiro atoms. The first-order valence-corrected chi connectivity index (χ1v) is 13.2. The molecule has 0 radical (unpaired) electrons. The maximum Gasteiger partial charge on any atom is 0.213 e. The topological polar surface area (TPSA) is 60.9 Å². The Labute approximate surface area is 187 Å². The van der Waals surface area contributed by atoms with Crippen LogP contribution < -0.4 is 0 Å². The number of fused-ring (bicyclic) bond motifs is 1. The predicted molar refractivity (Wildman–Crippen MR) is 126 cm³/mol. The monoisotopic (exact) mass is 444 g/mol. The highest BCUT2D eigenvalue weighted by Crippen LogP contribution is 2.50. The van der Waals surface area contributed by atoms with Gasteiger partial charge in [-0.2, -0.15) is 0 Å². The van der Waals surface area contributed by atoms with Crippen LogP contribution in [-0.2, 0) is 10.0 Å². The summed E-state index contributed by atoms with van der Waals surface area (Å²) in [6.45, 7) is 8.35. The molecule has 2 saturated heterocycles. The zero-order chi connectivity index (χ0) is 22.2. The van der Waals surface area contributed by atoms with Crippen LogP contribution in [0.5, 0.6) is 0 Å². The molecule has 3 aliphatic rings. The van der Waals surface area contributed by atoms with Gasteiger partial charge in [-0.15, -0.1) is 0 Å². The van der Waals surface area contributed by atoms with Crippen LogP contribution in [0.1, 0.15) is 44.2 Å². The summed E-state index contributed by atoms with van der Waals surface area (Å²) in [5.41, 5.74) is 3.69. The molecule has 0 bridgehead atoms. The minimum Gasteiger partial charge on any atom is -0.395 e. The van der Waals surface area contributed by atoms with Gasteiger partial charge in [0.05, 0.1) is 12.4 Å². The Morgan fingerprint density at radius 3 is 2.58 bits per heavy atom. The fraction of sp³-hybridized carbons (Fsp3) is 0.600. The number of sulfonamides is 1. The molecule has 1 aliphatic carbocycles.